The van der Waals surface area contributed by atoms with Crippen LogP contribution >= 0.6 is 0 Å². The first-order valence-electron chi connectivity index (χ1n) is 11.7. The van der Waals surface area contributed by atoms with Gasteiger partial charge >= 0.3 is 0 Å². The van der Waals surface area contributed by atoms with Gasteiger partial charge in [0.15, 0.2) is 0 Å². The summed E-state index contributed by atoms with van der Waals surface area (Å²) in [6.45, 7) is 15.3. The zero-order valence-electron chi connectivity index (χ0n) is 18.5. The Hall–Kier alpha value is -0.720. The Morgan fingerprint density at radius 2 is 1.19 bits per heavy atom. The molecule has 1 N–H and O–H groups in total. The Morgan fingerprint density at radius 1 is 0.654 bits per heavy atom. The van der Waals surface area contributed by atoms with Crippen LogP contribution in [0.4, 0.5) is 0 Å². The molecule has 154 valence electrons. The summed E-state index contributed by atoms with van der Waals surface area (Å²) in [6, 6.07) is 0.640. The predicted molar refractivity (Wildman–Crippen MR) is 121 cm³/mol. The van der Waals surface area contributed by atoms with Crippen molar-refractivity contribution in [2.24, 2.45) is 0 Å². The lowest BCUT2D eigenvalue weighted by molar-refractivity contribution is 0.472. The molecule has 0 radical (unpaired) electrons. The molecule has 0 amide bonds. The average molecular weight is 364 g/mol. The fraction of sp³-hybridized carbons (Fsp3) is 0.840. The van der Waals surface area contributed by atoms with E-state index in [4.69, 9.17) is 0 Å². The molecule has 0 saturated carbocycles. The molecular weight excluding hydrogens is 314 g/mol. The fourth-order valence-corrected chi connectivity index (χ4v) is 3.53. The van der Waals surface area contributed by atoms with Gasteiger partial charge in [0.25, 0.3) is 0 Å². The van der Waals surface area contributed by atoms with E-state index in [1.165, 1.54) is 114 Å². The molecule has 1 nitrogen and oxygen atoms in total. The number of unbranched alkanes of at least 4 members (excludes halogenated alkanes) is 9. The van der Waals surface area contributed by atoms with Crippen LogP contribution in [0, 0.1) is 0 Å². The molecular formula is C25H49N. The Bertz CT molecular complexity index is 331. The fourth-order valence-electron chi connectivity index (χ4n) is 3.53. The predicted octanol–water partition coefficient (Wildman–Crippen LogP) is 8.71. The summed E-state index contributed by atoms with van der Waals surface area (Å²) >= 11 is 0. The summed E-state index contributed by atoms with van der Waals surface area (Å²) in [6.07, 6.45) is 22.4. The van der Waals surface area contributed by atoms with Gasteiger partial charge in [0, 0.05) is 11.7 Å². The highest BCUT2D eigenvalue weighted by atomic mass is 14.9. The third-order valence-electron chi connectivity index (χ3n) is 5.45. The first kappa shape index (κ1) is 25.3. The number of hydrogen-bond acceptors (Lipinski definition) is 1. The second-order valence-electron chi connectivity index (χ2n) is 8.18. The van der Waals surface area contributed by atoms with Crippen molar-refractivity contribution in [3.8, 4) is 0 Å². The van der Waals surface area contributed by atoms with Crippen molar-refractivity contribution in [1.29, 1.82) is 0 Å². The van der Waals surface area contributed by atoms with Gasteiger partial charge < -0.3 is 5.32 Å². The molecule has 0 aromatic heterocycles. The van der Waals surface area contributed by atoms with Gasteiger partial charge in [0.05, 0.1) is 0 Å². The van der Waals surface area contributed by atoms with Crippen LogP contribution in [0.1, 0.15) is 130 Å². The average Bonchev–Trinajstić information content (AvgIpc) is 2.64. The maximum absolute atomic E-state index is 4.25. The van der Waals surface area contributed by atoms with Crippen LogP contribution in [0.25, 0.3) is 0 Å². The smallest absolute Gasteiger partial charge is 0.0255 e. The van der Waals surface area contributed by atoms with Gasteiger partial charge in [0.1, 0.15) is 0 Å². The summed E-state index contributed by atoms with van der Waals surface area (Å²) in [5.41, 5.74) is 2.73. The largest absolute Gasteiger partial charge is 0.386 e. The Labute approximate surface area is 166 Å². The SMILES string of the molecule is C=C(CCCC)CCCCCCCCCC(=C)NC(CC)CCCCC. The van der Waals surface area contributed by atoms with Crippen LogP contribution in [0.3, 0.4) is 0 Å². The van der Waals surface area contributed by atoms with E-state index in [-0.39, 0.29) is 0 Å². The molecule has 0 aliphatic heterocycles. The van der Waals surface area contributed by atoms with Gasteiger partial charge in [-0.2, -0.15) is 0 Å². The maximum Gasteiger partial charge on any atom is 0.0255 e. The van der Waals surface area contributed by atoms with Crippen molar-refractivity contribution in [3.05, 3.63) is 24.4 Å². The summed E-state index contributed by atoms with van der Waals surface area (Å²) in [5.74, 6) is 0. The Kier molecular flexibility index (Phi) is 18.5. The molecule has 0 bridgehead atoms. The lowest BCUT2D eigenvalue weighted by atomic mass is 10.0. The van der Waals surface area contributed by atoms with Crippen molar-refractivity contribution in [1.82, 2.24) is 5.32 Å². The molecule has 0 aromatic rings. The van der Waals surface area contributed by atoms with E-state index in [1.807, 2.05) is 0 Å². The van der Waals surface area contributed by atoms with E-state index in [2.05, 4.69) is 39.2 Å². The summed E-state index contributed by atoms with van der Waals surface area (Å²) in [5, 5.41) is 3.67. The molecule has 0 rings (SSSR count). The molecule has 26 heavy (non-hydrogen) atoms. The zero-order chi connectivity index (χ0) is 19.5. The molecule has 0 aliphatic rings. The van der Waals surface area contributed by atoms with Crippen LogP contribution in [0.5, 0.6) is 0 Å². The monoisotopic (exact) mass is 363 g/mol. The summed E-state index contributed by atoms with van der Waals surface area (Å²) in [4.78, 5) is 0. The second-order valence-corrected chi connectivity index (χ2v) is 8.18. The zero-order valence-corrected chi connectivity index (χ0v) is 18.5. The highest BCUT2D eigenvalue weighted by molar-refractivity contribution is 4.94. The van der Waals surface area contributed by atoms with Crippen LogP contribution < -0.4 is 5.32 Å². The van der Waals surface area contributed by atoms with E-state index in [0.717, 1.165) is 6.42 Å². The standard InChI is InChI=1S/C25H49N/c1-6-9-16-22-25(8-3)26-24(5)21-18-15-13-11-12-14-17-20-23(4)19-10-7-2/h25-26H,4-22H2,1-3H3. The molecule has 0 saturated heterocycles. The van der Waals surface area contributed by atoms with Crippen molar-refractivity contribution in [2.75, 3.05) is 0 Å². The van der Waals surface area contributed by atoms with Crippen LogP contribution in [0.15, 0.2) is 24.4 Å². The van der Waals surface area contributed by atoms with Gasteiger partial charge in [-0.05, 0) is 51.4 Å². The molecule has 0 heterocycles. The van der Waals surface area contributed by atoms with Crippen LogP contribution in [-0.4, -0.2) is 6.04 Å². The number of nitrogens with one attached hydrogen (secondary N) is 1. The number of hydrogen-bond donors (Lipinski definition) is 1. The van der Waals surface area contributed by atoms with Crippen LogP contribution in [-0.2, 0) is 0 Å². The van der Waals surface area contributed by atoms with Crippen molar-refractivity contribution >= 4 is 0 Å². The topological polar surface area (TPSA) is 12.0 Å². The van der Waals surface area contributed by atoms with Gasteiger partial charge in [-0.25, -0.2) is 0 Å². The highest BCUT2D eigenvalue weighted by Crippen LogP contribution is 2.16. The molecule has 1 unspecified atom stereocenters. The first-order valence-corrected chi connectivity index (χ1v) is 11.7. The van der Waals surface area contributed by atoms with E-state index >= 15 is 0 Å². The quantitative estimate of drug-likeness (QED) is 0.168. The van der Waals surface area contributed by atoms with Crippen molar-refractivity contribution in [3.63, 3.8) is 0 Å². The Balaban J connectivity index is 3.45. The minimum atomic E-state index is 0.640. The lowest BCUT2D eigenvalue weighted by Gasteiger charge is -2.20. The molecule has 0 fully saturated rings. The maximum atomic E-state index is 4.25. The third-order valence-corrected chi connectivity index (χ3v) is 5.45. The van der Waals surface area contributed by atoms with Crippen molar-refractivity contribution in [2.45, 2.75) is 136 Å². The lowest BCUT2D eigenvalue weighted by Crippen LogP contribution is -2.27. The molecule has 0 aliphatic carbocycles. The Morgan fingerprint density at radius 3 is 1.77 bits per heavy atom. The van der Waals surface area contributed by atoms with Crippen LogP contribution in [0.2, 0.25) is 0 Å². The highest BCUT2D eigenvalue weighted by Gasteiger charge is 2.06. The van der Waals surface area contributed by atoms with Gasteiger partial charge in [-0.3, -0.25) is 0 Å². The van der Waals surface area contributed by atoms with E-state index in [9.17, 15) is 0 Å². The van der Waals surface area contributed by atoms with Gasteiger partial charge in [-0.15, -0.1) is 0 Å². The van der Waals surface area contributed by atoms with Gasteiger partial charge in [0.2, 0.25) is 0 Å². The minimum absolute atomic E-state index is 0.640. The molecule has 0 spiro atoms. The van der Waals surface area contributed by atoms with E-state index in [0.29, 0.717) is 6.04 Å². The summed E-state index contributed by atoms with van der Waals surface area (Å²) in [7, 11) is 0. The van der Waals surface area contributed by atoms with E-state index < -0.39 is 0 Å². The number of rotatable bonds is 20. The van der Waals surface area contributed by atoms with E-state index in [1.54, 1.807) is 0 Å². The van der Waals surface area contributed by atoms with Gasteiger partial charge in [-0.1, -0.05) is 97.3 Å². The third kappa shape index (κ3) is 16.7. The molecule has 1 heteroatoms. The molecule has 0 aromatic carbocycles. The number of allylic oxidation sites excluding steroid dienone is 2. The first-order chi connectivity index (χ1) is 12.6. The minimum Gasteiger partial charge on any atom is -0.386 e. The molecule has 1 atom stereocenters. The normalized spacial score (nSPS) is 12.1. The van der Waals surface area contributed by atoms with Crippen molar-refractivity contribution < 1.29 is 0 Å². The summed E-state index contributed by atoms with van der Waals surface area (Å²) < 4.78 is 0. The second kappa shape index (κ2) is 19.1.